The summed E-state index contributed by atoms with van der Waals surface area (Å²) in [7, 11) is 0. The molecule has 2 aromatic heterocycles. The molecule has 3 aromatic rings. The van der Waals surface area contributed by atoms with Gasteiger partial charge in [0.1, 0.15) is 5.69 Å². The van der Waals surface area contributed by atoms with Gasteiger partial charge in [-0.2, -0.15) is 13.2 Å². The van der Waals surface area contributed by atoms with Gasteiger partial charge in [-0.15, -0.1) is 4.68 Å². The predicted octanol–water partition coefficient (Wildman–Crippen LogP) is 5.53. The molecule has 3 rings (SSSR count). The Labute approximate surface area is 156 Å². The van der Waals surface area contributed by atoms with Crippen molar-refractivity contribution in [3.05, 3.63) is 61.1 Å². The number of fused-ring (bicyclic) bond motifs is 1. The second-order valence-electron chi connectivity index (χ2n) is 5.25. The monoisotopic (exact) mass is 422 g/mol. The molecule has 1 aromatic carbocycles. The zero-order chi connectivity index (χ0) is 20.1. The fourth-order valence-corrected chi connectivity index (χ4v) is 3.14. The molecule has 1 N–H and O–H groups in total. The number of nitrogens with one attached hydrogen (secondary N) is 1. The summed E-state index contributed by atoms with van der Waals surface area (Å²) in [5.41, 5.74) is -3.44. The lowest BCUT2D eigenvalue weighted by atomic mass is 10.1. The number of hydrogen-bond donors (Lipinski definition) is 1. The summed E-state index contributed by atoms with van der Waals surface area (Å²) in [5.74, 6) is -0.497. The Morgan fingerprint density at radius 1 is 1.19 bits per heavy atom. The van der Waals surface area contributed by atoms with Crippen molar-refractivity contribution < 1.29 is 22.0 Å². The lowest BCUT2D eigenvalue weighted by Gasteiger charge is -2.11. The van der Waals surface area contributed by atoms with Gasteiger partial charge in [0.15, 0.2) is 5.65 Å². The molecule has 0 aliphatic carbocycles. The van der Waals surface area contributed by atoms with E-state index in [1.807, 2.05) is 0 Å². The lowest BCUT2D eigenvalue weighted by molar-refractivity contribution is -0.137. The lowest BCUT2D eigenvalue weighted by Crippen LogP contribution is -2.10. The molecule has 0 atom stereocenters. The van der Waals surface area contributed by atoms with Crippen LogP contribution in [0.4, 0.5) is 27.8 Å². The van der Waals surface area contributed by atoms with Gasteiger partial charge in [0.05, 0.1) is 21.0 Å². The number of aromatic nitrogens is 3. The highest BCUT2D eigenvalue weighted by molar-refractivity contribution is 6.38. The van der Waals surface area contributed by atoms with E-state index in [4.69, 9.17) is 29.8 Å². The minimum atomic E-state index is -4.73. The van der Waals surface area contributed by atoms with Crippen molar-refractivity contribution in [1.29, 1.82) is 0 Å². The number of hydrogen-bond acceptors (Lipinski definition) is 2. The number of alkyl halides is 5. The van der Waals surface area contributed by atoms with Crippen molar-refractivity contribution in [1.82, 2.24) is 14.8 Å². The first-order valence-corrected chi connectivity index (χ1v) is 7.68. The molecule has 0 bridgehead atoms. The smallest absolute Gasteiger partial charge is 0.358 e. The minimum Gasteiger partial charge on any atom is -0.358 e. The van der Waals surface area contributed by atoms with Crippen LogP contribution in [0.15, 0.2) is 23.0 Å². The van der Waals surface area contributed by atoms with Crippen LogP contribution in [0.5, 0.6) is 0 Å². The van der Waals surface area contributed by atoms with Gasteiger partial charge in [0.2, 0.25) is 5.56 Å². The zero-order valence-corrected chi connectivity index (χ0v) is 14.2. The van der Waals surface area contributed by atoms with E-state index in [0.29, 0.717) is 18.2 Å². The third-order valence-electron chi connectivity index (χ3n) is 3.58. The van der Waals surface area contributed by atoms with Crippen LogP contribution < -0.4 is 5.56 Å². The largest absolute Gasteiger partial charge is 0.416 e. The van der Waals surface area contributed by atoms with E-state index in [-0.39, 0.29) is 16.7 Å². The molecule has 0 unspecified atom stereocenters. The van der Waals surface area contributed by atoms with Gasteiger partial charge in [-0.3, -0.25) is 4.79 Å². The molecule has 0 spiro atoms. The topological polar surface area (TPSA) is 55.0 Å². The average molecular weight is 423 g/mol. The maximum absolute atomic E-state index is 13.3. The molecule has 0 saturated heterocycles. The first kappa shape index (κ1) is 19.1. The number of aromatic amines is 1. The third kappa shape index (κ3) is 3.24. The van der Waals surface area contributed by atoms with Crippen molar-refractivity contribution in [2.45, 2.75) is 12.6 Å². The Morgan fingerprint density at radius 3 is 2.26 bits per heavy atom. The summed E-state index contributed by atoms with van der Waals surface area (Å²) in [4.78, 5) is 17.0. The molecule has 5 nitrogen and oxygen atoms in total. The quantitative estimate of drug-likeness (QED) is 0.436. The highest BCUT2D eigenvalue weighted by Gasteiger charge is 2.33. The van der Waals surface area contributed by atoms with E-state index < -0.39 is 45.2 Å². The Bertz CT molecular complexity index is 1140. The van der Waals surface area contributed by atoms with Crippen LogP contribution >= 0.6 is 23.2 Å². The van der Waals surface area contributed by atoms with Crippen LogP contribution in [-0.2, 0) is 6.18 Å². The Kier molecular flexibility index (Phi) is 4.61. The van der Waals surface area contributed by atoms with Crippen molar-refractivity contribution in [2.75, 3.05) is 0 Å². The van der Waals surface area contributed by atoms with Crippen molar-refractivity contribution in [3.63, 3.8) is 0 Å². The van der Waals surface area contributed by atoms with E-state index >= 15 is 0 Å². The molecule has 12 heteroatoms. The number of rotatable bonds is 2. The Hall–Kier alpha value is -2.64. The number of benzene rings is 1. The maximum Gasteiger partial charge on any atom is 0.416 e. The summed E-state index contributed by atoms with van der Waals surface area (Å²) in [6.45, 7) is 7.11. The average Bonchev–Trinajstić information content (AvgIpc) is 2.90. The molecule has 140 valence electrons. The van der Waals surface area contributed by atoms with Gasteiger partial charge < -0.3 is 9.83 Å². The Balaban J connectivity index is 2.41. The van der Waals surface area contributed by atoms with Gasteiger partial charge in [0.25, 0.3) is 6.43 Å². The van der Waals surface area contributed by atoms with E-state index in [2.05, 4.69) is 14.9 Å². The molecule has 0 aliphatic heterocycles. The van der Waals surface area contributed by atoms with Gasteiger partial charge in [-0.1, -0.05) is 29.8 Å². The second-order valence-corrected chi connectivity index (χ2v) is 6.06. The van der Waals surface area contributed by atoms with Gasteiger partial charge in [-0.25, -0.2) is 8.78 Å². The van der Waals surface area contributed by atoms with Crippen LogP contribution in [0, 0.1) is 6.57 Å². The fraction of sp³-hybridized carbons (Fsp3) is 0.133. The van der Waals surface area contributed by atoms with Crippen molar-refractivity contribution in [2.24, 2.45) is 0 Å². The molecule has 0 fully saturated rings. The highest BCUT2D eigenvalue weighted by Crippen LogP contribution is 2.40. The van der Waals surface area contributed by atoms with E-state index in [1.54, 1.807) is 0 Å². The van der Waals surface area contributed by atoms with E-state index in [9.17, 15) is 26.7 Å². The first-order valence-electron chi connectivity index (χ1n) is 6.92. The highest BCUT2D eigenvalue weighted by atomic mass is 35.5. The standard InChI is InChI=1S/C15H5Cl2F5N4O/c1-23-13-10-6(12(18)19)4-9(27)24-14(10)26(25-13)11-7(16)2-5(3-8(11)17)15(20,21)22/h2-4,12H,(H,24,27). The molecule has 2 heterocycles. The van der Waals surface area contributed by atoms with E-state index in [0.717, 1.165) is 4.68 Å². The summed E-state index contributed by atoms with van der Waals surface area (Å²) in [6.07, 6.45) is -7.82. The molecular weight excluding hydrogens is 418 g/mol. The van der Waals surface area contributed by atoms with Crippen LogP contribution in [-0.4, -0.2) is 14.8 Å². The SMILES string of the molecule is [C-]#[N+]c1nn(-c2c(Cl)cc(C(F)(F)F)cc2Cl)c2[nH]c(=O)cc(C(F)F)c12. The first-order chi connectivity index (χ1) is 12.5. The normalized spacial score (nSPS) is 12.0. The number of nitrogens with zero attached hydrogens (tertiary/aromatic N) is 3. The van der Waals surface area contributed by atoms with Crippen LogP contribution in [0.1, 0.15) is 17.6 Å². The van der Waals surface area contributed by atoms with E-state index in [1.165, 1.54) is 0 Å². The van der Waals surface area contributed by atoms with Crippen molar-refractivity contribution in [3.8, 4) is 5.69 Å². The molecule has 0 aliphatic rings. The number of pyridine rings is 1. The zero-order valence-electron chi connectivity index (χ0n) is 12.7. The van der Waals surface area contributed by atoms with Crippen LogP contribution in [0.2, 0.25) is 10.0 Å². The third-order valence-corrected chi connectivity index (χ3v) is 4.16. The summed E-state index contributed by atoms with van der Waals surface area (Å²) in [5, 5.41) is 2.43. The van der Waals surface area contributed by atoms with Crippen LogP contribution in [0.25, 0.3) is 21.6 Å². The van der Waals surface area contributed by atoms with Gasteiger partial charge in [-0.05, 0) is 17.2 Å². The molecule has 27 heavy (non-hydrogen) atoms. The number of halogens is 7. The number of H-pyrrole nitrogens is 1. The Morgan fingerprint density at radius 2 is 1.78 bits per heavy atom. The minimum absolute atomic E-state index is 0.298. The fourth-order valence-electron chi connectivity index (χ4n) is 2.50. The molecule has 0 radical (unpaired) electrons. The maximum atomic E-state index is 13.3. The van der Waals surface area contributed by atoms with Gasteiger partial charge in [0, 0.05) is 11.6 Å². The van der Waals surface area contributed by atoms with Crippen LogP contribution in [0.3, 0.4) is 0 Å². The molecule has 0 amide bonds. The molecule has 0 saturated carbocycles. The summed E-state index contributed by atoms with van der Waals surface area (Å²) < 4.78 is 66.0. The summed E-state index contributed by atoms with van der Waals surface area (Å²) in [6, 6.07) is 1.76. The van der Waals surface area contributed by atoms with Gasteiger partial charge >= 0.3 is 12.0 Å². The summed E-state index contributed by atoms with van der Waals surface area (Å²) >= 11 is 11.8. The second kappa shape index (κ2) is 6.51. The molecular formula is C15H5Cl2F5N4O. The van der Waals surface area contributed by atoms with Crippen molar-refractivity contribution >= 4 is 40.1 Å². The predicted molar refractivity (Wildman–Crippen MR) is 87.9 cm³/mol.